The van der Waals surface area contributed by atoms with Gasteiger partial charge in [-0.1, -0.05) is 37.3 Å². The fraction of sp³-hybridized carbons (Fsp3) is 0.333. The molecule has 4 rings (SSSR count). The molecule has 2 heterocycles. The number of rotatable bonds is 9. The van der Waals surface area contributed by atoms with Gasteiger partial charge in [-0.15, -0.1) is 0 Å². The molecular weight excluding hydrogens is 408 g/mol. The number of nitrogens with zero attached hydrogens (tertiary/aromatic N) is 3. The second-order valence-electron chi connectivity index (χ2n) is 7.43. The first-order valence-electron chi connectivity index (χ1n) is 10.7. The predicted molar refractivity (Wildman–Crippen MR) is 127 cm³/mol. The largest absolute Gasteiger partial charge is 0.497 e. The van der Waals surface area contributed by atoms with Crippen molar-refractivity contribution in [1.82, 2.24) is 19.6 Å². The van der Waals surface area contributed by atoms with Gasteiger partial charge in [-0.25, -0.2) is 4.98 Å². The van der Waals surface area contributed by atoms with Crippen LogP contribution in [0.5, 0.6) is 5.75 Å². The van der Waals surface area contributed by atoms with Crippen LogP contribution in [0.3, 0.4) is 0 Å². The van der Waals surface area contributed by atoms with E-state index in [9.17, 15) is 4.79 Å². The van der Waals surface area contributed by atoms with Crippen LogP contribution < -0.4 is 10.1 Å². The Morgan fingerprint density at radius 2 is 2.03 bits per heavy atom. The summed E-state index contributed by atoms with van der Waals surface area (Å²) in [6.45, 7) is 8.10. The molecule has 7 heteroatoms. The maximum absolute atomic E-state index is 12.6. The van der Waals surface area contributed by atoms with E-state index in [1.807, 2.05) is 48.7 Å². The van der Waals surface area contributed by atoms with Gasteiger partial charge in [-0.05, 0) is 56.4 Å². The van der Waals surface area contributed by atoms with Gasteiger partial charge in [-0.3, -0.25) is 9.20 Å². The molecule has 2 aromatic heterocycles. The molecule has 162 valence electrons. The van der Waals surface area contributed by atoms with Crippen molar-refractivity contribution in [2.45, 2.75) is 20.3 Å². The third-order valence-corrected chi connectivity index (χ3v) is 6.57. The highest BCUT2D eigenvalue weighted by Gasteiger charge is 2.13. The number of carbonyl (C=O) groups is 1. The van der Waals surface area contributed by atoms with Crippen molar-refractivity contribution in [2.75, 3.05) is 33.3 Å². The lowest BCUT2D eigenvalue weighted by Gasteiger charge is -2.17. The average molecular weight is 437 g/mol. The van der Waals surface area contributed by atoms with Crippen molar-refractivity contribution in [3.8, 4) is 17.0 Å². The summed E-state index contributed by atoms with van der Waals surface area (Å²) in [7, 11) is 1.66. The van der Waals surface area contributed by atoms with E-state index >= 15 is 0 Å². The molecule has 0 bridgehead atoms. The summed E-state index contributed by atoms with van der Waals surface area (Å²) in [5, 5.41) is 3.04. The summed E-state index contributed by atoms with van der Waals surface area (Å²) < 4.78 is 8.46. The van der Waals surface area contributed by atoms with Crippen LogP contribution in [0.2, 0.25) is 0 Å². The zero-order chi connectivity index (χ0) is 21.8. The van der Waals surface area contributed by atoms with Crippen LogP contribution in [0.15, 0.2) is 48.7 Å². The number of fused-ring (bicyclic) bond motifs is 3. The topological polar surface area (TPSA) is 58.9 Å². The summed E-state index contributed by atoms with van der Waals surface area (Å²) in [4.78, 5) is 20.6. The summed E-state index contributed by atoms with van der Waals surface area (Å²) in [6.07, 6.45) is 2.99. The van der Waals surface area contributed by atoms with E-state index in [0.29, 0.717) is 12.1 Å². The number of nitrogens with one attached hydrogen (secondary N) is 1. The molecule has 4 aromatic rings. The number of benzene rings is 2. The van der Waals surface area contributed by atoms with Gasteiger partial charge in [0, 0.05) is 23.9 Å². The fourth-order valence-electron chi connectivity index (χ4n) is 3.71. The molecule has 1 N–H and O–H groups in total. The number of thiazole rings is 1. The minimum Gasteiger partial charge on any atom is -0.497 e. The Hall–Kier alpha value is -2.90. The monoisotopic (exact) mass is 436 g/mol. The molecule has 1 amide bonds. The van der Waals surface area contributed by atoms with Gasteiger partial charge in [0.2, 0.25) is 0 Å². The van der Waals surface area contributed by atoms with Gasteiger partial charge in [0.05, 0.1) is 23.0 Å². The van der Waals surface area contributed by atoms with Gasteiger partial charge in [0.15, 0.2) is 4.96 Å². The molecule has 0 fully saturated rings. The number of carbonyl (C=O) groups excluding carboxylic acids is 1. The van der Waals surface area contributed by atoms with Crippen LogP contribution in [-0.4, -0.2) is 53.5 Å². The third kappa shape index (κ3) is 4.57. The Balaban J connectivity index is 1.49. The quantitative estimate of drug-likeness (QED) is 0.387. The summed E-state index contributed by atoms with van der Waals surface area (Å²) in [5.74, 6) is 0.788. The van der Waals surface area contributed by atoms with Crippen LogP contribution in [-0.2, 0) is 0 Å². The maximum Gasteiger partial charge on any atom is 0.251 e. The fourth-order valence-corrected chi connectivity index (χ4v) is 4.76. The van der Waals surface area contributed by atoms with Gasteiger partial charge >= 0.3 is 0 Å². The Bertz CT molecular complexity index is 1190. The Labute approximate surface area is 186 Å². The van der Waals surface area contributed by atoms with Crippen molar-refractivity contribution >= 4 is 32.4 Å². The lowest BCUT2D eigenvalue weighted by Crippen LogP contribution is -2.29. The normalized spacial score (nSPS) is 11.5. The number of hydrogen-bond donors (Lipinski definition) is 1. The zero-order valence-electron chi connectivity index (χ0n) is 18.2. The van der Waals surface area contributed by atoms with E-state index < -0.39 is 0 Å². The first-order valence-corrected chi connectivity index (χ1v) is 11.5. The van der Waals surface area contributed by atoms with Gasteiger partial charge in [0.25, 0.3) is 5.91 Å². The molecular formula is C24H28N4O2S. The van der Waals surface area contributed by atoms with Crippen molar-refractivity contribution in [2.24, 2.45) is 0 Å². The molecule has 0 atom stereocenters. The van der Waals surface area contributed by atoms with E-state index in [2.05, 4.69) is 28.5 Å². The lowest BCUT2D eigenvalue weighted by atomic mass is 10.1. The maximum atomic E-state index is 12.6. The number of imidazole rings is 1. The molecule has 0 saturated carbocycles. The second kappa shape index (κ2) is 9.49. The predicted octanol–water partition coefficient (Wildman–Crippen LogP) is 4.69. The summed E-state index contributed by atoms with van der Waals surface area (Å²) in [6, 6.07) is 13.7. The highest BCUT2D eigenvalue weighted by Crippen LogP contribution is 2.31. The molecule has 0 aliphatic carbocycles. The van der Waals surface area contributed by atoms with E-state index in [1.165, 1.54) is 0 Å². The van der Waals surface area contributed by atoms with E-state index in [0.717, 1.165) is 58.2 Å². The molecule has 0 spiro atoms. The molecule has 0 aliphatic rings. The standard InChI is InChI=1S/C24H28N4O2S/c1-4-27(5-2)13-7-12-25-23(29)18-10-11-21-22(15-18)31-24-26-20(16-28(21)24)17-8-6-9-19(14-17)30-3/h6,8-11,14-16H,4-5,7,12-13H2,1-3H3,(H,25,29). The highest BCUT2D eigenvalue weighted by atomic mass is 32.1. The molecule has 31 heavy (non-hydrogen) atoms. The van der Waals surface area contributed by atoms with Crippen LogP contribution in [0.1, 0.15) is 30.6 Å². The highest BCUT2D eigenvalue weighted by molar-refractivity contribution is 7.23. The van der Waals surface area contributed by atoms with Crippen molar-refractivity contribution in [1.29, 1.82) is 0 Å². The number of ether oxygens (including phenoxy) is 1. The SMILES string of the molecule is CCN(CC)CCCNC(=O)c1ccc2c(c1)sc1nc(-c3cccc(OC)c3)cn12. The molecule has 6 nitrogen and oxygen atoms in total. The second-order valence-corrected chi connectivity index (χ2v) is 8.44. The van der Waals surface area contributed by atoms with Crippen molar-refractivity contribution in [3.63, 3.8) is 0 Å². The number of hydrogen-bond acceptors (Lipinski definition) is 5. The van der Waals surface area contributed by atoms with Crippen molar-refractivity contribution < 1.29 is 9.53 Å². The zero-order valence-corrected chi connectivity index (χ0v) is 19.0. The molecule has 0 radical (unpaired) electrons. The Morgan fingerprint density at radius 1 is 1.19 bits per heavy atom. The van der Waals surface area contributed by atoms with Gasteiger partial charge in [-0.2, -0.15) is 0 Å². The molecule has 0 unspecified atom stereocenters. The first-order chi connectivity index (χ1) is 15.1. The van der Waals surface area contributed by atoms with Gasteiger partial charge < -0.3 is 15.0 Å². The molecule has 0 aliphatic heterocycles. The summed E-state index contributed by atoms with van der Waals surface area (Å²) >= 11 is 1.59. The van der Waals surface area contributed by atoms with Crippen molar-refractivity contribution in [3.05, 3.63) is 54.2 Å². The van der Waals surface area contributed by atoms with Crippen LogP contribution in [0.25, 0.3) is 26.4 Å². The van der Waals surface area contributed by atoms with Crippen LogP contribution in [0, 0.1) is 0 Å². The van der Waals surface area contributed by atoms with E-state index in [-0.39, 0.29) is 5.91 Å². The molecule has 0 saturated heterocycles. The molecule has 2 aromatic carbocycles. The number of aromatic nitrogens is 2. The van der Waals surface area contributed by atoms with Crippen LogP contribution >= 0.6 is 11.3 Å². The minimum atomic E-state index is -0.0236. The Morgan fingerprint density at radius 3 is 2.81 bits per heavy atom. The number of amides is 1. The summed E-state index contributed by atoms with van der Waals surface area (Å²) in [5.41, 5.74) is 3.67. The smallest absolute Gasteiger partial charge is 0.251 e. The number of methoxy groups -OCH3 is 1. The van der Waals surface area contributed by atoms with Crippen LogP contribution in [0.4, 0.5) is 0 Å². The first kappa shape index (κ1) is 21.3. The van der Waals surface area contributed by atoms with E-state index in [4.69, 9.17) is 9.72 Å². The third-order valence-electron chi connectivity index (χ3n) is 5.55. The lowest BCUT2D eigenvalue weighted by molar-refractivity contribution is 0.0952. The average Bonchev–Trinajstić information content (AvgIpc) is 3.36. The Kier molecular flexibility index (Phi) is 6.53. The van der Waals surface area contributed by atoms with E-state index in [1.54, 1.807) is 18.4 Å². The van der Waals surface area contributed by atoms with Gasteiger partial charge in [0.1, 0.15) is 5.75 Å². The minimum absolute atomic E-state index is 0.0236.